The van der Waals surface area contributed by atoms with E-state index in [1.54, 1.807) is 11.6 Å². The van der Waals surface area contributed by atoms with Crippen LogP contribution in [0.1, 0.15) is 22.4 Å². The standard InChI is InChI=1S/C13H12ClN3/c1-8-4-9(2)6-11(5-8)17-13(14)12(7-15)10(3)16-17/h4-6H,1-3H3. The lowest BCUT2D eigenvalue weighted by Gasteiger charge is -2.06. The van der Waals surface area contributed by atoms with Gasteiger partial charge in [-0.15, -0.1) is 0 Å². The Balaban J connectivity index is 2.65. The molecule has 3 nitrogen and oxygen atoms in total. The minimum atomic E-state index is 0.370. The largest absolute Gasteiger partial charge is 0.221 e. The van der Waals surface area contributed by atoms with Crippen LogP contribution in [0.2, 0.25) is 5.15 Å². The van der Waals surface area contributed by atoms with Crippen molar-refractivity contribution in [3.05, 3.63) is 45.7 Å². The van der Waals surface area contributed by atoms with Gasteiger partial charge in [0.2, 0.25) is 0 Å². The number of nitrogens with zero attached hydrogens (tertiary/aromatic N) is 3. The number of rotatable bonds is 1. The van der Waals surface area contributed by atoms with Crippen molar-refractivity contribution in [3.63, 3.8) is 0 Å². The molecular formula is C13H12ClN3. The van der Waals surface area contributed by atoms with E-state index in [-0.39, 0.29) is 0 Å². The maximum atomic E-state index is 8.98. The zero-order valence-electron chi connectivity index (χ0n) is 9.95. The smallest absolute Gasteiger partial charge is 0.150 e. The first-order valence-corrected chi connectivity index (χ1v) is 5.64. The van der Waals surface area contributed by atoms with Gasteiger partial charge in [-0.05, 0) is 44.0 Å². The van der Waals surface area contributed by atoms with E-state index in [9.17, 15) is 0 Å². The van der Waals surface area contributed by atoms with Crippen LogP contribution in [-0.2, 0) is 0 Å². The molecule has 0 N–H and O–H groups in total. The van der Waals surface area contributed by atoms with Crippen LogP contribution in [0.15, 0.2) is 18.2 Å². The van der Waals surface area contributed by atoms with Crippen LogP contribution in [0.4, 0.5) is 0 Å². The highest BCUT2D eigenvalue weighted by atomic mass is 35.5. The fraction of sp³-hybridized carbons (Fsp3) is 0.231. The molecule has 86 valence electrons. The third-order valence-electron chi connectivity index (χ3n) is 2.57. The highest BCUT2D eigenvalue weighted by Crippen LogP contribution is 2.23. The second-order valence-electron chi connectivity index (χ2n) is 4.12. The van der Waals surface area contributed by atoms with Crippen LogP contribution in [0, 0.1) is 32.1 Å². The van der Waals surface area contributed by atoms with Crippen molar-refractivity contribution in [3.8, 4) is 11.8 Å². The summed E-state index contributed by atoms with van der Waals surface area (Å²) in [5.74, 6) is 0. The Morgan fingerprint density at radius 2 is 1.76 bits per heavy atom. The van der Waals surface area contributed by atoms with E-state index in [0.29, 0.717) is 16.4 Å². The van der Waals surface area contributed by atoms with Crippen molar-refractivity contribution >= 4 is 11.6 Å². The average Bonchev–Trinajstić information content (AvgIpc) is 2.52. The van der Waals surface area contributed by atoms with Gasteiger partial charge in [0, 0.05) is 0 Å². The topological polar surface area (TPSA) is 41.6 Å². The van der Waals surface area contributed by atoms with E-state index in [0.717, 1.165) is 16.8 Å². The molecule has 0 spiro atoms. The number of halogens is 1. The van der Waals surface area contributed by atoms with E-state index in [2.05, 4.69) is 17.2 Å². The van der Waals surface area contributed by atoms with E-state index < -0.39 is 0 Å². The van der Waals surface area contributed by atoms with Gasteiger partial charge in [-0.3, -0.25) is 0 Å². The molecule has 0 radical (unpaired) electrons. The minimum absolute atomic E-state index is 0.370. The molecule has 0 fully saturated rings. The first kappa shape index (κ1) is 11.7. The first-order valence-electron chi connectivity index (χ1n) is 5.27. The summed E-state index contributed by atoms with van der Waals surface area (Å²) in [7, 11) is 0. The van der Waals surface area contributed by atoms with Crippen LogP contribution >= 0.6 is 11.6 Å². The molecule has 2 aromatic rings. The zero-order chi connectivity index (χ0) is 12.6. The molecular weight excluding hydrogens is 234 g/mol. The maximum absolute atomic E-state index is 8.98. The molecule has 0 bridgehead atoms. The molecule has 17 heavy (non-hydrogen) atoms. The third-order valence-corrected chi connectivity index (χ3v) is 2.92. The van der Waals surface area contributed by atoms with Crippen LogP contribution in [0.5, 0.6) is 0 Å². The molecule has 2 rings (SSSR count). The number of nitriles is 1. The van der Waals surface area contributed by atoms with Crippen molar-refractivity contribution in [1.82, 2.24) is 9.78 Å². The highest BCUT2D eigenvalue weighted by Gasteiger charge is 2.14. The first-order chi connectivity index (χ1) is 8.02. The van der Waals surface area contributed by atoms with Gasteiger partial charge in [0.25, 0.3) is 0 Å². The molecule has 1 aromatic heterocycles. The average molecular weight is 246 g/mol. The van der Waals surface area contributed by atoms with Gasteiger partial charge in [-0.1, -0.05) is 17.7 Å². The molecule has 1 aromatic carbocycles. The van der Waals surface area contributed by atoms with Gasteiger partial charge in [0.05, 0.1) is 11.4 Å². The van der Waals surface area contributed by atoms with Crippen LogP contribution in [-0.4, -0.2) is 9.78 Å². The third kappa shape index (κ3) is 2.04. The maximum Gasteiger partial charge on any atom is 0.150 e. The Labute approximate surface area is 105 Å². The normalized spacial score (nSPS) is 10.3. The molecule has 0 amide bonds. The monoisotopic (exact) mass is 245 g/mol. The number of benzene rings is 1. The van der Waals surface area contributed by atoms with E-state index >= 15 is 0 Å². The summed E-state index contributed by atoms with van der Waals surface area (Å²) in [6.07, 6.45) is 0. The molecule has 4 heteroatoms. The van der Waals surface area contributed by atoms with Gasteiger partial charge in [0.15, 0.2) is 5.15 Å². The second kappa shape index (κ2) is 4.23. The Morgan fingerprint density at radius 1 is 1.18 bits per heavy atom. The molecule has 0 aliphatic carbocycles. The Morgan fingerprint density at radius 3 is 2.24 bits per heavy atom. The number of aryl methyl sites for hydroxylation is 3. The summed E-state index contributed by atoms with van der Waals surface area (Å²) in [4.78, 5) is 0. The summed E-state index contributed by atoms with van der Waals surface area (Å²) < 4.78 is 1.61. The van der Waals surface area contributed by atoms with Crippen LogP contribution in [0.3, 0.4) is 0 Å². The molecule has 0 aliphatic heterocycles. The SMILES string of the molecule is Cc1cc(C)cc(-n2nc(C)c(C#N)c2Cl)c1. The predicted octanol–water partition coefficient (Wildman–Crippen LogP) is 3.32. The molecule has 0 saturated carbocycles. The van der Waals surface area contributed by atoms with Gasteiger partial charge in [-0.2, -0.15) is 10.4 Å². The van der Waals surface area contributed by atoms with Crippen LogP contribution < -0.4 is 0 Å². The van der Waals surface area contributed by atoms with E-state index in [1.165, 1.54) is 0 Å². The van der Waals surface area contributed by atoms with Crippen molar-refractivity contribution in [2.45, 2.75) is 20.8 Å². The summed E-state index contributed by atoms with van der Waals surface area (Å²) in [6.45, 7) is 5.82. The summed E-state index contributed by atoms with van der Waals surface area (Å²) >= 11 is 6.15. The lowest BCUT2D eigenvalue weighted by Crippen LogP contribution is -1.98. The van der Waals surface area contributed by atoms with Crippen molar-refractivity contribution < 1.29 is 0 Å². The highest BCUT2D eigenvalue weighted by molar-refractivity contribution is 6.31. The molecule has 0 aliphatic rings. The number of aromatic nitrogens is 2. The Hall–Kier alpha value is -1.79. The lowest BCUT2D eigenvalue weighted by atomic mass is 10.1. The van der Waals surface area contributed by atoms with E-state index in [4.69, 9.17) is 16.9 Å². The number of hydrogen-bond acceptors (Lipinski definition) is 2. The van der Waals surface area contributed by atoms with Gasteiger partial charge in [0.1, 0.15) is 11.6 Å². The summed E-state index contributed by atoms with van der Waals surface area (Å²) in [5.41, 5.74) is 4.25. The van der Waals surface area contributed by atoms with E-state index in [1.807, 2.05) is 26.0 Å². The Bertz CT molecular complexity index is 600. The zero-order valence-corrected chi connectivity index (χ0v) is 10.7. The van der Waals surface area contributed by atoms with Gasteiger partial charge in [-0.25, -0.2) is 4.68 Å². The molecule has 1 heterocycles. The number of hydrogen-bond donors (Lipinski definition) is 0. The molecule has 0 unspecified atom stereocenters. The predicted molar refractivity (Wildman–Crippen MR) is 67.5 cm³/mol. The van der Waals surface area contributed by atoms with Crippen molar-refractivity contribution in [2.24, 2.45) is 0 Å². The second-order valence-corrected chi connectivity index (χ2v) is 4.48. The molecule has 0 saturated heterocycles. The Kier molecular flexibility index (Phi) is 2.91. The minimum Gasteiger partial charge on any atom is -0.221 e. The van der Waals surface area contributed by atoms with Crippen molar-refractivity contribution in [2.75, 3.05) is 0 Å². The lowest BCUT2D eigenvalue weighted by molar-refractivity contribution is 0.861. The van der Waals surface area contributed by atoms with Crippen molar-refractivity contribution in [1.29, 1.82) is 5.26 Å². The summed E-state index contributed by atoms with van der Waals surface area (Å²) in [5, 5.41) is 13.6. The summed E-state index contributed by atoms with van der Waals surface area (Å²) in [6, 6.07) is 8.14. The van der Waals surface area contributed by atoms with Crippen LogP contribution in [0.25, 0.3) is 5.69 Å². The molecule has 0 atom stereocenters. The van der Waals surface area contributed by atoms with Gasteiger partial charge >= 0.3 is 0 Å². The fourth-order valence-corrected chi connectivity index (χ4v) is 2.18. The fourth-order valence-electron chi connectivity index (χ4n) is 1.87. The van der Waals surface area contributed by atoms with Gasteiger partial charge < -0.3 is 0 Å². The quantitative estimate of drug-likeness (QED) is 0.773.